The Hall–Kier alpha value is -3.34. The molecule has 0 aliphatic rings. The van der Waals surface area contributed by atoms with E-state index in [1.165, 1.54) is 18.2 Å². The van der Waals surface area contributed by atoms with Gasteiger partial charge in [0.25, 0.3) is 0 Å². The number of carboxylic acids is 1. The molecule has 220 valence electrons. The first-order valence-electron chi connectivity index (χ1n) is 13.5. The minimum absolute atomic E-state index is 0.0827. The number of carbonyl (C=O) groups is 4. The molecule has 1 aromatic rings. The van der Waals surface area contributed by atoms with E-state index in [4.69, 9.17) is 29.4 Å². The summed E-state index contributed by atoms with van der Waals surface area (Å²) in [6, 6.07) is 2.85. The van der Waals surface area contributed by atoms with E-state index in [0.29, 0.717) is 18.4 Å². The van der Waals surface area contributed by atoms with Crippen molar-refractivity contribution in [3.05, 3.63) is 23.8 Å². The molecular formula is C28H43NO10. The van der Waals surface area contributed by atoms with E-state index >= 15 is 0 Å². The molecule has 0 bridgehead atoms. The molecule has 3 atom stereocenters. The van der Waals surface area contributed by atoms with Crippen LogP contribution >= 0.6 is 0 Å². The maximum atomic E-state index is 12.4. The minimum atomic E-state index is -1.37. The number of unbranched alkanes of at least 4 members (excludes halogenated alkanes) is 4. The predicted molar refractivity (Wildman–Crippen MR) is 143 cm³/mol. The van der Waals surface area contributed by atoms with Crippen LogP contribution in [0.1, 0.15) is 84.6 Å². The maximum Gasteiger partial charge on any atom is 0.513 e. The Kier molecular flexibility index (Phi) is 15.6. The van der Waals surface area contributed by atoms with Crippen LogP contribution in [0.15, 0.2) is 18.2 Å². The summed E-state index contributed by atoms with van der Waals surface area (Å²) < 4.78 is 26.1. The second-order valence-corrected chi connectivity index (χ2v) is 9.67. The number of aliphatic carboxylic acids is 1. The first-order valence-corrected chi connectivity index (χ1v) is 13.5. The van der Waals surface area contributed by atoms with Gasteiger partial charge in [0.15, 0.2) is 11.5 Å². The third kappa shape index (κ3) is 12.4. The lowest BCUT2D eigenvalue weighted by atomic mass is 9.82. The highest BCUT2D eigenvalue weighted by Crippen LogP contribution is 2.36. The Balaban J connectivity index is 3.25. The second-order valence-electron chi connectivity index (χ2n) is 9.67. The van der Waals surface area contributed by atoms with Crippen molar-refractivity contribution < 1.29 is 48.0 Å². The van der Waals surface area contributed by atoms with Crippen molar-refractivity contribution in [2.75, 3.05) is 19.8 Å². The molecule has 1 rings (SSSR count). The van der Waals surface area contributed by atoms with Gasteiger partial charge < -0.3 is 34.5 Å². The second kappa shape index (κ2) is 18.0. The third-order valence-electron chi connectivity index (χ3n) is 5.92. The van der Waals surface area contributed by atoms with E-state index in [2.05, 4.69) is 0 Å². The highest BCUT2D eigenvalue weighted by Gasteiger charge is 2.33. The molecule has 11 nitrogen and oxygen atoms in total. The molecule has 0 radical (unpaired) electrons. The Morgan fingerprint density at radius 1 is 0.821 bits per heavy atom. The third-order valence-corrected chi connectivity index (χ3v) is 5.92. The van der Waals surface area contributed by atoms with Gasteiger partial charge in [-0.05, 0) is 36.5 Å². The van der Waals surface area contributed by atoms with Gasteiger partial charge in [-0.2, -0.15) is 0 Å². The Bertz CT molecular complexity index is 933. The maximum absolute atomic E-state index is 12.4. The Morgan fingerprint density at radius 3 is 1.85 bits per heavy atom. The van der Waals surface area contributed by atoms with Crippen LogP contribution < -0.4 is 15.2 Å². The molecule has 0 aromatic heterocycles. The molecule has 0 saturated carbocycles. The molecule has 0 aliphatic carbocycles. The number of hydrogen-bond donors (Lipinski definition) is 2. The van der Waals surface area contributed by atoms with Gasteiger partial charge in [-0.1, -0.05) is 66.4 Å². The number of ether oxygens (including phenoxy) is 5. The van der Waals surface area contributed by atoms with Crippen LogP contribution in [0, 0.1) is 11.8 Å². The lowest BCUT2D eigenvalue weighted by Gasteiger charge is -2.28. The van der Waals surface area contributed by atoms with Crippen molar-refractivity contribution in [3.8, 4) is 11.5 Å². The molecule has 2 unspecified atom stereocenters. The van der Waals surface area contributed by atoms with E-state index in [-0.39, 0.29) is 37.2 Å². The van der Waals surface area contributed by atoms with Crippen LogP contribution in [-0.4, -0.2) is 55.2 Å². The van der Waals surface area contributed by atoms with Gasteiger partial charge in [-0.25, -0.2) is 9.59 Å². The van der Waals surface area contributed by atoms with Gasteiger partial charge in [0.2, 0.25) is 0 Å². The number of carbonyl (C=O) groups excluding carboxylic acids is 3. The summed E-state index contributed by atoms with van der Waals surface area (Å²) in [5, 5.41) is 9.65. The number of carboxylic acid groups (broad SMARTS) is 1. The van der Waals surface area contributed by atoms with Crippen LogP contribution in [0.3, 0.4) is 0 Å². The molecule has 0 heterocycles. The highest BCUT2D eigenvalue weighted by atomic mass is 16.7. The zero-order valence-electron chi connectivity index (χ0n) is 23.6. The van der Waals surface area contributed by atoms with Crippen LogP contribution in [0.25, 0.3) is 0 Å². The fraction of sp³-hybridized carbons (Fsp3) is 0.643. The van der Waals surface area contributed by atoms with E-state index in [1.54, 1.807) is 20.8 Å². The fourth-order valence-corrected chi connectivity index (χ4v) is 3.68. The van der Waals surface area contributed by atoms with Crippen molar-refractivity contribution in [1.82, 2.24) is 0 Å². The summed E-state index contributed by atoms with van der Waals surface area (Å²) in [6.07, 6.45) is 2.98. The zero-order valence-corrected chi connectivity index (χ0v) is 23.6. The zero-order chi connectivity index (χ0) is 29.4. The minimum Gasteiger partial charge on any atom is -0.480 e. The van der Waals surface area contributed by atoms with Gasteiger partial charge in [-0.15, -0.1) is 0 Å². The lowest BCUT2D eigenvalue weighted by molar-refractivity contribution is -0.149. The Morgan fingerprint density at radius 2 is 1.36 bits per heavy atom. The number of esters is 1. The van der Waals surface area contributed by atoms with Gasteiger partial charge in [0.1, 0.15) is 6.04 Å². The van der Waals surface area contributed by atoms with E-state index in [0.717, 1.165) is 25.7 Å². The molecule has 0 saturated heterocycles. The summed E-state index contributed by atoms with van der Waals surface area (Å²) in [5.41, 5.74) is 6.40. The van der Waals surface area contributed by atoms with Gasteiger partial charge in [-0.3, -0.25) is 9.59 Å². The highest BCUT2D eigenvalue weighted by molar-refractivity contribution is 5.75. The van der Waals surface area contributed by atoms with Gasteiger partial charge in [0.05, 0.1) is 25.7 Å². The molecule has 1 aromatic carbocycles. The summed E-state index contributed by atoms with van der Waals surface area (Å²) >= 11 is 0. The molecular weight excluding hydrogens is 510 g/mol. The van der Waals surface area contributed by atoms with Crippen molar-refractivity contribution in [2.45, 2.75) is 85.1 Å². The van der Waals surface area contributed by atoms with Crippen molar-refractivity contribution in [1.29, 1.82) is 0 Å². The largest absolute Gasteiger partial charge is 0.513 e. The number of rotatable bonds is 17. The summed E-state index contributed by atoms with van der Waals surface area (Å²) in [6.45, 7) is 9.33. The first-order chi connectivity index (χ1) is 18.5. The van der Waals surface area contributed by atoms with Gasteiger partial charge >= 0.3 is 24.2 Å². The average Bonchev–Trinajstić information content (AvgIpc) is 2.89. The molecule has 0 spiro atoms. The molecule has 0 fully saturated rings. The number of hydrogen-bond acceptors (Lipinski definition) is 10. The first kappa shape index (κ1) is 33.7. The summed E-state index contributed by atoms with van der Waals surface area (Å²) in [4.78, 5) is 48.4. The molecule has 11 heteroatoms. The fourth-order valence-electron chi connectivity index (χ4n) is 3.68. The van der Waals surface area contributed by atoms with E-state index in [1.807, 2.05) is 13.8 Å². The smallest absolute Gasteiger partial charge is 0.480 e. The predicted octanol–water partition coefficient (Wildman–Crippen LogP) is 5.43. The molecule has 0 aliphatic heterocycles. The number of nitrogens with two attached hydrogens (primary N) is 1. The van der Waals surface area contributed by atoms with Crippen LogP contribution in [-0.2, 0) is 23.8 Å². The Labute approximate surface area is 230 Å². The summed E-state index contributed by atoms with van der Waals surface area (Å²) in [5.74, 6) is -3.72. The molecule has 0 amide bonds. The van der Waals surface area contributed by atoms with Crippen molar-refractivity contribution in [3.63, 3.8) is 0 Å². The van der Waals surface area contributed by atoms with Crippen LogP contribution in [0.5, 0.6) is 11.5 Å². The topological polar surface area (TPSA) is 161 Å². The lowest BCUT2D eigenvalue weighted by Crippen LogP contribution is -2.40. The van der Waals surface area contributed by atoms with E-state index in [9.17, 15) is 24.3 Å². The SMILES string of the molecule is CCCCCOC(=O)Oc1ccc(C(C(C)COC(=O)C(C)C)[C@H](N)C(=O)O)cc1OC(=O)OCCCCC. The van der Waals surface area contributed by atoms with Crippen LogP contribution in [0.2, 0.25) is 0 Å². The van der Waals surface area contributed by atoms with Crippen molar-refractivity contribution in [2.24, 2.45) is 17.6 Å². The average molecular weight is 554 g/mol. The quantitative estimate of drug-likeness (QED) is 0.109. The molecule has 3 N–H and O–H groups in total. The van der Waals surface area contributed by atoms with E-state index < -0.39 is 42.1 Å². The summed E-state index contributed by atoms with van der Waals surface area (Å²) in [7, 11) is 0. The van der Waals surface area contributed by atoms with Gasteiger partial charge in [0, 0.05) is 5.92 Å². The molecule has 39 heavy (non-hydrogen) atoms. The standard InChI is InChI=1S/C28H43NO10/c1-6-8-10-14-35-27(33)38-21-13-12-20(16-22(21)39-28(34)36-15-11-9-7-2)23(24(29)25(30)31)19(5)17-37-26(32)18(3)4/h12-13,16,18-19,23-24H,6-11,14-15,17,29H2,1-5H3,(H,30,31)/t19?,23?,24-/m0/s1. The number of benzene rings is 1. The normalized spacial score (nSPS) is 13.2. The monoisotopic (exact) mass is 553 g/mol. The van der Waals surface area contributed by atoms with Crippen molar-refractivity contribution >= 4 is 24.2 Å². The van der Waals surface area contributed by atoms with Crippen LogP contribution in [0.4, 0.5) is 9.59 Å².